The van der Waals surface area contributed by atoms with E-state index in [-0.39, 0.29) is 11.8 Å². The number of hydrogen-bond donors (Lipinski definition) is 1. The lowest BCUT2D eigenvalue weighted by molar-refractivity contribution is -0.134. The van der Waals surface area contributed by atoms with Crippen LogP contribution in [0, 0.1) is 0 Å². The van der Waals surface area contributed by atoms with Crippen LogP contribution < -0.4 is 0 Å². The summed E-state index contributed by atoms with van der Waals surface area (Å²) < 4.78 is 5.14. The Morgan fingerprint density at radius 2 is 2.14 bits per heavy atom. The molecule has 0 saturated carbocycles. The van der Waals surface area contributed by atoms with Gasteiger partial charge in [0.25, 0.3) is 0 Å². The molecule has 0 bridgehead atoms. The molecule has 0 spiro atoms. The lowest BCUT2D eigenvalue weighted by atomic mass is 9.94. The summed E-state index contributed by atoms with van der Waals surface area (Å²) in [6.07, 6.45) is 1.15. The number of hydrogen-bond acceptors (Lipinski definition) is 3. The first-order chi connectivity index (χ1) is 6.57. The molecular formula is C9H16ClNO3. The van der Waals surface area contributed by atoms with Gasteiger partial charge in [-0.05, 0) is 0 Å². The Bertz CT molecular complexity index is 204. The van der Waals surface area contributed by atoms with E-state index in [0.717, 1.165) is 0 Å². The van der Waals surface area contributed by atoms with Crippen molar-refractivity contribution in [1.29, 1.82) is 0 Å². The van der Waals surface area contributed by atoms with Gasteiger partial charge >= 0.3 is 0 Å². The van der Waals surface area contributed by atoms with Crippen molar-refractivity contribution in [3.8, 4) is 0 Å². The molecule has 1 N–H and O–H groups in total. The van der Waals surface area contributed by atoms with Crippen molar-refractivity contribution in [3.05, 3.63) is 0 Å². The first-order valence-corrected chi connectivity index (χ1v) is 5.21. The number of ether oxygens (including phenoxy) is 1. The number of alkyl halides is 1. The van der Waals surface area contributed by atoms with E-state index in [1.807, 2.05) is 0 Å². The van der Waals surface area contributed by atoms with Crippen LogP contribution in [0.25, 0.3) is 0 Å². The largest absolute Gasteiger partial charge is 0.388 e. The number of nitrogens with zero attached hydrogens (tertiary/aromatic N) is 1. The van der Waals surface area contributed by atoms with Gasteiger partial charge in [0.15, 0.2) is 0 Å². The van der Waals surface area contributed by atoms with Crippen LogP contribution in [0.1, 0.15) is 12.8 Å². The van der Waals surface area contributed by atoms with Crippen LogP contribution in [0.15, 0.2) is 0 Å². The lowest BCUT2D eigenvalue weighted by Crippen LogP contribution is -2.47. The normalized spacial score (nSPS) is 20.5. The minimum Gasteiger partial charge on any atom is -0.388 e. The highest BCUT2D eigenvalue weighted by Crippen LogP contribution is 2.21. The van der Waals surface area contributed by atoms with E-state index < -0.39 is 5.60 Å². The maximum atomic E-state index is 11.2. The maximum absolute atomic E-state index is 11.2. The average molecular weight is 222 g/mol. The fraction of sp³-hybridized carbons (Fsp3) is 0.889. The molecule has 4 nitrogen and oxygen atoms in total. The van der Waals surface area contributed by atoms with Crippen molar-refractivity contribution >= 4 is 17.5 Å². The van der Waals surface area contributed by atoms with Crippen molar-refractivity contribution in [2.75, 3.05) is 32.7 Å². The van der Waals surface area contributed by atoms with Gasteiger partial charge in [-0.25, -0.2) is 0 Å². The quantitative estimate of drug-likeness (QED) is 0.694. The van der Waals surface area contributed by atoms with E-state index in [0.29, 0.717) is 32.6 Å². The van der Waals surface area contributed by atoms with Gasteiger partial charge in [0.05, 0.1) is 5.60 Å². The van der Waals surface area contributed by atoms with Crippen LogP contribution in [-0.4, -0.2) is 54.2 Å². The summed E-state index contributed by atoms with van der Waals surface area (Å²) in [6, 6.07) is 0. The van der Waals surface area contributed by atoms with Gasteiger partial charge in [-0.3, -0.25) is 4.79 Å². The average Bonchev–Trinajstić information content (AvgIpc) is 2.17. The van der Waals surface area contributed by atoms with Gasteiger partial charge in [0.2, 0.25) is 5.91 Å². The number of carbonyl (C=O) groups excluding carboxylic acids is 1. The highest BCUT2D eigenvalue weighted by molar-refractivity contribution is 6.27. The summed E-state index contributed by atoms with van der Waals surface area (Å²) in [6.45, 7) is 1.45. The van der Waals surface area contributed by atoms with Crippen molar-refractivity contribution in [2.24, 2.45) is 0 Å². The Morgan fingerprint density at radius 3 is 2.64 bits per heavy atom. The van der Waals surface area contributed by atoms with Gasteiger partial charge in [-0.15, -0.1) is 11.6 Å². The van der Waals surface area contributed by atoms with E-state index in [1.165, 1.54) is 4.90 Å². The molecule has 0 aromatic rings. The van der Waals surface area contributed by atoms with Gasteiger partial charge in [0, 0.05) is 39.6 Å². The summed E-state index contributed by atoms with van der Waals surface area (Å²) in [4.78, 5) is 12.6. The standard InChI is InChI=1S/C9H16ClNO3/c1-11(8(12)6-10)7-9(13)2-4-14-5-3-9/h13H,2-7H2,1H3. The molecule has 0 atom stereocenters. The molecule has 1 aliphatic rings. The fourth-order valence-corrected chi connectivity index (χ4v) is 1.75. The molecule has 1 rings (SSSR count). The van der Waals surface area contributed by atoms with Gasteiger partial charge < -0.3 is 14.7 Å². The minimum atomic E-state index is -0.797. The molecule has 0 aromatic carbocycles. The summed E-state index contributed by atoms with van der Waals surface area (Å²) in [5, 5.41) is 10.1. The van der Waals surface area contributed by atoms with Crippen molar-refractivity contribution in [2.45, 2.75) is 18.4 Å². The number of likely N-dealkylation sites (N-methyl/N-ethyl adjacent to an activating group) is 1. The van der Waals surface area contributed by atoms with E-state index in [2.05, 4.69) is 0 Å². The minimum absolute atomic E-state index is 0.0386. The van der Waals surface area contributed by atoms with Crippen LogP contribution in [0.4, 0.5) is 0 Å². The topological polar surface area (TPSA) is 49.8 Å². The number of halogens is 1. The van der Waals surface area contributed by atoms with Crippen LogP contribution >= 0.6 is 11.6 Å². The maximum Gasteiger partial charge on any atom is 0.237 e. The van der Waals surface area contributed by atoms with Gasteiger partial charge in [0.1, 0.15) is 5.88 Å². The monoisotopic (exact) mass is 221 g/mol. The number of carbonyl (C=O) groups is 1. The van der Waals surface area contributed by atoms with Crippen LogP contribution in [0.5, 0.6) is 0 Å². The van der Waals surface area contributed by atoms with Crippen LogP contribution in [0.2, 0.25) is 0 Å². The van der Waals surface area contributed by atoms with E-state index in [4.69, 9.17) is 16.3 Å². The summed E-state index contributed by atoms with van der Waals surface area (Å²) in [7, 11) is 1.65. The molecule has 5 heteroatoms. The molecule has 1 aliphatic heterocycles. The zero-order chi connectivity index (χ0) is 10.6. The third kappa shape index (κ3) is 3.12. The van der Waals surface area contributed by atoms with E-state index >= 15 is 0 Å². The summed E-state index contributed by atoms with van der Waals surface area (Å²) >= 11 is 5.41. The molecule has 82 valence electrons. The second kappa shape index (κ2) is 4.96. The molecular weight excluding hydrogens is 206 g/mol. The number of rotatable bonds is 3. The second-order valence-electron chi connectivity index (χ2n) is 3.72. The highest BCUT2D eigenvalue weighted by Gasteiger charge is 2.32. The van der Waals surface area contributed by atoms with Crippen molar-refractivity contribution in [1.82, 2.24) is 4.90 Å². The highest BCUT2D eigenvalue weighted by atomic mass is 35.5. The molecule has 0 unspecified atom stereocenters. The Kier molecular flexibility index (Phi) is 4.16. The zero-order valence-corrected chi connectivity index (χ0v) is 9.09. The lowest BCUT2D eigenvalue weighted by Gasteiger charge is -2.35. The smallest absolute Gasteiger partial charge is 0.237 e. The second-order valence-corrected chi connectivity index (χ2v) is 3.99. The zero-order valence-electron chi connectivity index (χ0n) is 8.33. The number of amides is 1. The Labute approximate surface area is 88.8 Å². The Hall–Kier alpha value is -0.320. The Balaban J connectivity index is 2.44. The molecule has 1 saturated heterocycles. The third-order valence-electron chi connectivity index (χ3n) is 2.50. The third-order valence-corrected chi connectivity index (χ3v) is 2.72. The van der Waals surface area contributed by atoms with Crippen molar-refractivity contribution in [3.63, 3.8) is 0 Å². The molecule has 14 heavy (non-hydrogen) atoms. The fourth-order valence-electron chi connectivity index (χ4n) is 1.54. The van der Waals surface area contributed by atoms with Gasteiger partial charge in [-0.2, -0.15) is 0 Å². The molecule has 0 aromatic heterocycles. The Morgan fingerprint density at radius 1 is 1.57 bits per heavy atom. The molecule has 0 radical (unpaired) electrons. The van der Waals surface area contributed by atoms with Crippen molar-refractivity contribution < 1.29 is 14.6 Å². The number of aliphatic hydroxyl groups is 1. The SMILES string of the molecule is CN(CC1(O)CCOCC1)C(=O)CCl. The predicted octanol–water partition coefficient (Wildman–Crippen LogP) is 0.225. The molecule has 1 fully saturated rings. The first-order valence-electron chi connectivity index (χ1n) is 4.67. The first kappa shape index (κ1) is 11.8. The van der Waals surface area contributed by atoms with E-state index in [9.17, 15) is 9.90 Å². The summed E-state index contributed by atoms with van der Waals surface area (Å²) in [5.41, 5.74) is -0.797. The van der Waals surface area contributed by atoms with E-state index in [1.54, 1.807) is 7.05 Å². The molecule has 1 heterocycles. The molecule has 0 aliphatic carbocycles. The summed E-state index contributed by atoms with van der Waals surface area (Å²) in [5.74, 6) is -0.199. The molecule has 1 amide bonds. The van der Waals surface area contributed by atoms with Gasteiger partial charge in [-0.1, -0.05) is 0 Å². The van der Waals surface area contributed by atoms with Crippen LogP contribution in [-0.2, 0) is 9.53 Å². The van der Waals surface area contributed by atoms with Crippen LogP contribution in [0.3, 0.4) is 0 Å². The predicted molar refractivity (Wildman–Crippen MR) is 53.4 cm³/mol.